The molecule has 1 N–H and O–H groups in total. The highest BCUT2D eigenvalue weighted by Crippen LogP contribution is 2.33. The maximum Gasteiger partial charge on any atom is 0.298 e. The lowest BCUT2D eigenvalue weighted by Gasteiger charge is -2.13. The number of methoxy groups -OCH3 is 2. The Kier molecular flexibility index (Phi) is 7.24. The van der Waals surface area contributed by atoms with Crippen LogP contribution >= 0.6 is 11.5 Å². The van der Waals surface area contributed by atoms with Gasteiger partial charge in [0.05, 0.1) is 14.2 Å². The number of hydrogen-bond donors (Lipinski definition) is 1. The van der Waals surface area contributed by atoms with E-state index >= 15 is 0 Å². The van der Waals surface area contributed by atoms with Gasteiger partial charge < -0.3 is 19.5 Å². The normalized spacial score (nSPS) is 11.6. The lowest BCUT2D eigenvalue weighted by molar-refractivity contribution is 0.0939. The van der Waals surface area contributed by atoms with Gasteiger partial charge in [-0.15, -0.1) is 0 Å². The van der Waals surface area contributed by atoms with Crippen molar-refractivity contribution in [3.05, 3.63) is 59.4 Å². The van der Waals surface area contributed by atoms with Crippen molar-refractivity contribution in [2.24, 2.45) is 0 Å². The first kappa shape index (κ1) is 21.6. The molecule has 1 aromatic heterocycles. The summed E-state index contributed by atoms with van der Waals surface area (Å²) >= 11 is 1.15. The predicted octanol–water partition coefficient (Wildman–Crippen LogP) is 4.47. The quantitative estimate of drug-likeness (QED) is 0.543. The van der Waals surface area contributed by atoms with Crippen molar-refractivity contribution in [1.29, 1.82) is 0 Å². The highest BCUT2D eigenvalue weighted by Gasteiger charge is 2.15. The van der Waals surface area contributed by atoms with Gasteiger partial charge in [0.25, 0.3) is 11.1 Å². The first-order chi connectivity index (χ1) is 14.5. The van der Waals surface area contributed by atoms with Gasteiger partial charge in [-0.25, -0.2) is 0 Å². The molecule has 1 unspecified atom stereocenters. The second-order valence-electron chi connectivity index (χ2n) is 6.76. The summed E-state index contributed by atoms with van der Waals surface area (Å²) in [6.45, 7) is 3.98. The maximum atomic E-state index is 12.4. The fourth-order valence-corrected chi connectivity index (χ4v) is 3.28. The Morgan fingerprint density at radius 1 is 1.13 bits per heavy atom. The van der Waals surface area contributed by atoms with Crippen molar-refractivity contribution >= 4 is 17.4 Å². The summed E-state index contributed by atoms with van der Waals surface area (Å²) in [4.78, 5) is 16.9. The SMILES string of the molecule is CCC(C)NC(=O)c1ccc(OC)c(Oc2nc(Cc3cccc(OC)c3)ns2)c1. The van der Waals surface area contributed by atoms with E-state index in [1.54, 1.807) is 32.4 Å². The molecule has 0 radical (unpaired) electrons. The van der Waals surface area contributed by atoms with Gasteiger partial charge in [0, 0.05) is 29.6 Å². The van der Waals surface area contributed by atoms with Crippen LogP contribution in [0.5, 0.6) is 22.4 Å². The number of carbonyl (C=O) groups is 1. The van der Waals surface area contributed by atoms with E-state index in [1.807, 2.05) is 38.1 Å². The van der Waals surface area contributed by atoms with Crippen molar-refractivity contribution in [3.63, 3.8) is 0 Å². The fraction of sp³-hybridized carbons (Fsp3) is 0.318. The molecule has 158 valence electrons. The Morgan fingerprint density at radius 3 is 2.70 bits per heavy atom. The summed E-state index contributed by atoms with van der Waals surface area (Å²) in [5.74, 6) is 2.20. The van der Waals surface area contributed by atoms with E-state index in [-0.39, 0.29) is 11.9 Å². The topological polar surface area (TPSA) is 82.6 Å². The van der Waals surface area contributed by atoms with E-state index in [0.717, 1.165) is 29.3 Å². The lowest BCUT2D eigenvalue weighted by atomic mass is 10.1. The van der Waals surface area contributed by atoms with Crippen LogP contribution in [0.3, 0.4) is 0 Å². The van der Waals surface area contributed by atoms with Crippen LogP contribution < -0.4 is 19.5 Å². The molecule has 7 nitrogen and oxygen atoms in total. The molecular weight excluding hydrogens is 402 g/mol. The third-order valence-electron chi connectivity index (χ3n) is 4.56. The van der Waals surface area contributed by atoms with Gasteiger partial charge in [-0.1, -0.05) is 19.1 Å². The lowest BCUT2D eigenvalue weighted by Crippen LogP contribution is -2.31. The highest BCUT2D eigenvalue weighted by atomic mass is 32.1. The number of nitrogens with zero attached hydrogens (tertiary/aromatic N) is 2. The highest BCUT2D eigenvalue weighted by molar-refractivity contribution is 7.07. The van der Waals surface area contributed by atoms with Crippen molar-refractivity contribution in [2.75, 3.05) is 14.2 Å². The smallest absolute Gasteiger partial charge is 0.298 e. The van der Waals surface area contributed by atoms with Crippen molar-refractivity contribution in [3.8, 4) is 22.4 Å². The summed E-state index contributed by atoms with van der Waals surface area (Å²) in [6.07, 6.45) is 1.41. The average molecular weight is 428 g/mol. The minimum absolute atomic E-state index is 0.0892. The van der Waals surface area contributed by atoms with Crippen LogP contribution in [0.15, 0.2) is 42.5 Å². The van der Waals surface area contributed by atoms with Gasteiger partial charge in [0.1, 0.15) is 5.75 Å². The van der Waals surface area contributed by atoms with Crippen LogP contribution in [-0.2, 0) is 6.42 Å². The van der Waals surface area contributed by atoms with E-state index < -0.39 is 0 Å². The molecule has 30 heavy (non-hydrogen) atoms. The van der Waals surface area contributed by atoms with Crippen LogP contribution in [0.1, 0.15) is 42.0 Å². The van der Waals surface area contributed by atoms with E-state index in [2.05, 4.69) is 14.7 Å². The number of carbonyl (C=O) groups excluding carboxylic acids is 1. The van der Waals surface area contributed by atoms with Gasteiger partial charge in [0.2, 0.25) is 0 Å². The van der Waals surface area contributed by atoms with Crippen molar-refractivity contribution in [2.45, 2.75) is 32.7 Å². The first-order valence-corrected chi connectivity index (χ1v) is 10.4. The van der Waals surface area contributed by atoms with Gasteiger partial charge in [0.15, 0.2) is 17.3 Å². The van der Waals surface area contributed by atoms with Crippen LogP contribution in [0.4, 0.5) is 0 Å². The second kappa shape index (κ2) is 10.1. The largest absolute Gasteiger partial charge is 0.497 e. The average Bonchev–Trinajstić information content (AvgIpc) is 3.20. The monoisotopic (exact) mass is 427 g/mol. The molecule has 0 saturated heterocycles. The van der Waals surface area contributed by atoms with Gasteiger partial charge >= 0.3 is 0 Å². The molecule has 1 amide bonds. The molecule has 3 aromatic rings. The molecule has 0 aliphatic carbocycles. The molecule has 0 aliphatic rings. The molecule has 8 heteroatoms. The van der Waals surface area contributed by atoms with E-state index in [9.17, 15) is 4.79 Å². The van der Waals surface area contributed by atoms with Gasteiger partial charge in [-0.2, -0.15) is 9.36 Å². The standard InChI is InChI=1S/C22H25N3O4S/c1-5-14(2)23-21(26)16-9-10-18(28-4)19(13-16)29-22-24-20(25-30-22)12-15-7-6-8-17(11-15)27-3/h6-11,13-14H,5,12H2,1-4H3,(H,23,26). The Bertz CT molecular complexity index is 1010. The zero-order valence-corrected chi connectivity index (χ0v) is 18.3. The van der Waals surface area contributed by atoms with E-state index in [0.29, 0.717) is 34.5 Å². The molecular formula is C22H25N3O4S. The van der Waals surface area contributed by atoms with Crippen LogP contribution in [0, 0.1) is 0 Å². The van der Waals surface area contributed by atoms with Crippen LogP contribution in [0.2, 0.25) is 0 Å². The summed E-state index contributed by atoms with van der Waals surface area (Å²) < 4.78 is 20.9. The van der Waals surface area contributed by atoms with Crippen molar-refractivity contribution < 1.29 is 19.0 Å². The Labute approximate surface area is 180 Å². The van der Waals surface area contributed by atoms with Crippen LogP contribution in [-0.4, -0.2) is 35.5 Å². The second-order valence-corrected chi connectivity index (χ2v) is 7.47. The van der Waals surface area contributed by atoms with E-state index in [4.69, 9.17) is 14.2 Å². The Hall–Kier alpha value is -3.13. The first-order valence-electron chi connectivity index (χ1n) is 9.64. The molecule has 2 aromatic carbocycles. The number of amides is 1. The van der Waals surface area contributed by atoms with Gasteiger partial charge in [-0.3, -0.25) is 4.79 Å². The predicted molar refractivity (Wildman–Crippen MR) is 116 cm³/mol. The molecule has 1 atom stereocenters. The Balaban J connectivity index is 1.75. The molecule has 0 aliphatic heterocycles. The summed E-state index contributed by atoms with van der Waals surface area (Å²) in [6, 6.07) is 12.9. The van der Waals surface area contributed by atoms with Gasteiger partial charge in [-0.05, 0) is 49.2 Å². The summed E-state index contributed by atoms with van der Waals surface area (Å²) in [7, 11) is 3.19. The third kappa shape index (κ3) is 5.48. The third-order valence-corrected chi connectivity index (χ3v) is 5.19. The molecule has 0 bridgehead atoms. The fourth-order valence-electron chi connectivity index (χ4n) is 2.72. The number of rotatable bonds is 9. The minimum Gasteiger partial charge on any atom is -0.497 e. The molecule has 1 heterocycles. The number of hydrogen-bond acceptors (Lipinski definition) is 7. The molecule has 0 fully saturated rings. The summed E-state index contributed by atoms with van der Waals surface area (Å²) in [5.41, 5.74) is 1.53. The zero-order valence-electron chi connectivity index (χ0n) is 17.5. The number of benzene rings is 2. The number of aromatic nitrogens is 2. The van der Waals surface area contributed by atoms with E-state index in [1.165, 1.54) is 0 Å². The number of ether oxygens (including phenoxy) is 3. The maximum absolute atomic E-state index is 12.4. The zero-order chi connectivity index (χ0) is 21.5. The summed E-state index contributed by atoms with van der Waals surface area (Å²) in [5, 5.41) is 3.32. The molecule has 0 saturated carbocycles. The van der Waals surface area contributed by atoms with Crippen molar-refractivity contribution in [1.82, 2.24) is 14.7 Å². The number of nitrogens with one attached hydrogen (secondary N) is 1. The molecule has 0 spiro atoms. The molecule has 3 rings (SSSR count). The van der Waals surface area contributed by atoms with Crippen LogP contribution in [0.25, 0.3) is 0 Å². The minimum atomic E-state index is -0.159. The Morgan fingerprint density at radius 2 is 1.97 bits per heavy atom.